The number of halogens is 1. The van der Waals surface area contributed by atoms with E-state index in [1.807, 2.05) is 12.1 Å². The number of rotatable bonds is 6. The molecule has 7 heteroatoms. The van der Waals surface area contributed by atoms with Gasteiger partial charge in [0.2, 0.25) is 0 Å². The molecule has 0 atom stereocenters. The van der Waals surface area contributed by atoms with Crippen LogP contribution in [0, 0.1) is 5.82 Å². The first-order valence-corrected chi connectivity index (χ1v) is 10.5. The Bertz CT molecular complexity index is 937. The molecular weight excluding hydrogens is 375 g/mol. The number of pyridine rings is 1. The molecule has 0 unspecified atom stereocenters. The van der Waals surface area contributed by atoms with Crippen molar-refractivity contribution in [1.29, 1.82) is 0 Å². The third-order valence-electron chi connectivity index (χ3n) is 5.04. The van der Waals surface area contributed by atoms with Crippen LogP contribution in [0.3, 0.4) is 0 Å². The number of hydrogen-bond acceptors (Lipinski definition) is 5. The van der Waals surface area contributed by atoms with Crippen LogP contribution in [-0.2, 0) is 0 Å². The second kappa shape index (κ2) is 8.65. The molecule has 2 aromatic heterocycles. The molecule has 0 amide bonds. The van der Waals surface area contributed by atoms with Crippen molar-refractivity contribution in [1.82, 2.24) is 19.7 Å². The van der Waals surface area contributed by atoms with Gasteiger partial charge in [0, 0.05) is 29.6 Å². The quantitative estimate of drug-likeness (QED) is 0.435. The third kappa shape index (κ3) is 4.14. The summed E-state index contributed by atoms with van der Waals surface area (Å²) >= 11 is 1.39. The van der Waals surface area contributed by atoms with E-state index >= 15 is 0 Å². The molecule has 0 bridgehead atoms. The van der Waals surface area contributed by atoms with E-state index in [0.29, 0.717) is 11.6 Å². The number of carbonyl (C=O) groups is 1. The van der Waals surface area contributed by atoms with Gasteiger partial charge >= 0.3 is 0 Å². The Morgan fingerprint density at radius 2 is 1.75 bits per heavy atom. The first-order valence-electron chi connectivity index (χ1n) is 9.49. The second-order valence-electron chi connectivity index (χ2n) is 6.92. The maximum absolute atomic E-state index is 13.1. The minimum absolute atomic E-state index is 0.0475. The molecule has 1 saturated carbocycles. The molecule has 4 rings (SSSR count). The number of hydrogen-bond donors (Lipinski definition) is 0. The minimum atomic E-state index is -0.344. The van der Waals surface area contributed by atoms with Gasteiger partial charge in [-0.3, -0.25) is 14.3 Å². The lowest BCUT2D eigenvalue weighted by molar-refractivity contribution is 0.102. The molecule has 1 aliphatic carbocycles. The van der Waals surface area contributed by atoms with Gasteiger partial charge in [0.15, 0.2) is 16.8 Å². The molecule has 1 fully saturated rings. The normalized spacial score (nSPS) is 14.9. The summed E-state index contributed by atoms with van der Waals surface area (Å²) in [5.74, 6) is 0.676. The highest BCUT2D eigenvalue weighted by Crippen LogP contribution is 2.35. The molecule has 2 heterocycles. The van der Waals surface area contributed by atoms with Crippen molar-refractivity contribution in [3.8, 4) is 11.4 Å². The van der Waals surface area contributed by atoms with E-state index in [4.69, 9.17) is 0 Å². The average Bonchev–Trinajstić information content (AvgIpc) is 3.18. The molecule has 28 heavy (non-hydrogen) atoms. The summed E-state index contributed by atoms with van der Waals surface area (Å²) in [7, 11) is 0. The predicted molar refractivity (Wildman–Crippen MR) is 107 cm³/mol. The molecule has 0 spiro atoms. The molecule has 0 aliphatic heterocycles. The van der Waals surface area contributed by atoms with Crippen LogP contribution in [0.1, 0.15) is 48.5 Å². The van der Waals surface area contributed by atoms with Gasteiger partial charge in [-0.1, -0.05) is 31.0 Å². The zero-order chi connectivity index (χ0) is 19.3. The van der Waals surface area contributed by atoms with Crippen LogP contribution in [0.5, 0.6) is 0 Å². The highest BCUT2D eigenvalue weighted by Gasteiger charge is 2.24. The topological polar surface area (TPSA) is 60.7 Å². The van der Waals surface area contributed by atoms with Crippen molar-refractivity contribution >= 4 is 17.5 Å². The lowest BCUT2D eigenvalue weighted by Gasteiger charge is -2.25. The van der Waals surface area contributed by atoms with Gasteiger partial charge in [-0.15, -0.1) is 10.2 Å². The highest BCUT2D eigenvalue weighted by molar-refractivity contribution is 7.99. The van der Waals surface area contributed by atoms with E-state index in [9.17, 15) is 9.18 Å². The Morgan fingerprint density at radius 1 is 1.04 bits per heavy atom. The van der Waals surface area contributed by atoms with E-state index in [2.05, 4.69) is 19.7 Å². The van der Waals surface area contributed by atoms with Crippen molar-refractivity contribution in [2.75, 3.05) is 5.75 Å². The maximum atomic E-state index is 13.1. The van der Waals surface area contributed by atoms with Crippen LogP contribution in [0.2, 0.25) is 0 Å². The van der Waals surface area contributed by atoms with Crippen molar-refractivity contribution < 1.29 is 9.18 Å². The van der Waals surface area contributed by atoms with Gasteiger partial charge in [-0.05, 0) is 49.2 Å². The second-order valence-corrected chi connectivity index (χ2v) is 7.87. The summed E-state index contributed by atoms with van der Waals surface area (Å²) in [6, 6.07) is 9.87. The summed E-state index contributed by atoms with van der Waals surface area (Å²) < 4.78 is 15.3. The lowest BCUT2D eigenvalue weighted by Crippen LogP contribution is -2.15. The van der Waals surface area contributed by atoms with Gasteiger partial charge in [-0.2, -0.15) is 0 Å². The number of nitrogens with zero attached hydrogens (tertiary/aromatic N) is 4. The molecule has 144 valence electrons. The predicted octanol–water partition coefficient (Wildman–Crippen LogP) is 4.96. The summed E-state index contributed by atoms with van der Waals surface area (Å²) in [5.41, 5.74) is 1.48. The molecule has 0 saturated heterocycles. The zero-order valence-corrected chi connectivity index (χ0v) is 16.2. The SMILES string of the molecule is O=C(CSc1nnc(-c2ccncc2)n1C1CCCCC1)c1ccc(F)cc1. The summed E-state index contributed by atoms with van der Waals surface area (Å²) in [6.07, 6.45) is 9.33. The molecule has 3 aromatic rings. The Labute approximate surface area is 167 Å². The van der Waals surface area contributed by atoms with Crippen LogP contribution < -0.4 is 0 Å². The van der Waals surface area contributed by atoms with E-state index in [1.165, 1.54) is 55.3 Å². The van der Waals surface area contributed by atoms with E-state index in [-0.39, 0.29) is 17.4 Å². The van der Waals surface area contributed by atoms with Crippen LogP contribution in [0.15, 0.2) is 53.9 Å². The Morgan fingerprint density at radius 3 is 2.46 bits per heavy atom. The van der Waals surface area contributed by atoms with Crippen LogP contribution in [-0.4, -0.2) is 31.3 Å². The fourth-order valence-electron chi connectivity index (χ4n) is 3.59. The minimum Gasteiger partial charge on any atom is -0.299 e. The lowest BCUT2D eigenvalue weighted by atomic mass is 9.95. The third-order valence-corrected chi connectivity index (χ3v) is 5.98. The average molecular weight is 396 g/mol. The van der Waals surface area contributed by atoms with E-state index < -0.39 is 0 Å². The van der Waals surface area contributed by atoms with Crippen LogP contribution in [0.25, 0.3) is 11.4 Å². The monoisotopic (exact) mass is 396 g/mol. The molecule has 1 aromatic carbocycles. The highest BCUT2D eigenvalue weighted by atomic mass is 32.2. The number of ketones is 1. The largest absolute Gasteiger partial charge is 0.299 e. The van der Waals surface area contributed by atoms with Crippen LogP contribution in [0.4, 0.5) is 4.39 Å². The summed E-state index contributed by atoms with van der Waals surface area (Å²) in [6.45, 7) is 0. The van der Waals surface area contributed by atoms with E-state index in [0.717, 1.165) is 29.4 Å². The van der Waals surface area contributed by atoms with Gasteiger partial charge in [-0.25, -0.2) is 4.39 Å². The smallest absolute Gasteiger partial charge is 0.192 e. The molecule has 0 N–H and O–H groups in total. The number of thioether (sulfide) groups is 1. The van der Waals surface area contributed by atoms with Gasteiger partial charge in [0.25, 0.3) is 0 Å². The molecule has 1 aliphatic rings. The summed E-state index contributed by atoms with van der Waals surface area (Å²) in [5, 5.41) is 9.58. The van der Waals surface area contributed by atoms with Crippen LogP contribution >= 0.6 is 11.8 Å². The van der Waals surface area contributed by atoms with Crippen molar-refractivity contribution in [2.24, 2.45) is 0 Å². The Kier molecular flexibility index (Phi) is 5.81. The number of benzene rings is 1. The standard InChI is InChI=1S/C21H21FN4OS/c22-17-8-6-15(7-9-17)19(27)14-28-21-25-24-20(16-10-12-23-13-11-16)26(21)18-4-2-1-3-5-18/h6-13,18H,1-5,14H2. The van der Waals surface area contributed by atoms with Crippen molar-refractivity contribution in [3.63, 3.8) is 0 Å². The first kappa shape index (κ1) is 18.8. The van der Waals surface area contributed by atoms with Gasteiger partial charge < -0.3 is 0 Å². The molecule has 0 radical (unpaired) electrons. The first-order chi connectivity index (χ1) is 13.7. The Hall–Kier alpha value is -2.54. The Balaban J connectivity index is 1.58. The number of carbonyl (C=O) groups excluding carboxylic acids is 1. The zero-order valence-electron chi connectivity index (χ0n) is 15.4. The van der Waals surface area contributed by atoms with Crippen molar-refractivity contribution in [3.05, 3.63) is 60.2 Å². The number of Topliss-reactive ketones (excluding diaryl/α,β-unsaturated/α-hetero) is 1. The number of aromatic nitrogens is 4. The fraction of sp³-hybridized carbons (Fsp3) is 0.333. The van der Waals surface area contributed by atoms with Crippen molar-refractivity contribution in [2.45, 2.75) is 43.3 Å². The van der Waals surface area contributed by atoms with E-state index in [1.54, 1.807) is 12.4 Å². The molecular formula is C21H21FN4OS. The van der Waals surface area contributed by atoms with Gasteiger partial charge in [0.05, 0.1) is 5.75 Å². The molecule has 5 nitrogen and oxygen atoms in total. The summed E-state index contributed by atoms with van der Waals surface area (Å²) in [4.78, 5) is 16.6. The van der Waals surface area contributed by atoms with Gasteiger partial charge in [0.1, 0.15) is 5.82 Å². The maximum Gasteiger partial charge on any atom is 0.192 e. The fourth-order valence-corrected chi connectivity index (χ4v) is 4.49.